The van der Waals surface area contributed by atoms with E-state index in [4.69, 9.17) is 0 Å². The van der Waals surface area contributed by atoms with Gasteiger partial charge in [-0.15, -0.1) is 0 Å². The van der Waals surface area contributed by atoms with Gasteiger partial charge in [-0.25, -0.2) is 10.00 Å². The van der Waals surface area contributed by atoms with Gasteiger partial charge in [0.05, 0.1) is 11.8 Å². The van der Waals surface area contributed by atoms with Crippen LogP contribution in [0.5, 0.6) is 0 Å². The van der Waals surface area contributed by atoms with E-state index in [1.165, 1.54) is 6.33 Å². The topological polar surface area (TPSA) is 79.0 Å². The largest absolute Gasteiger partial charge is 0.274 e. The van der Waals surface area contributed by atoms with Gasteiger partial charge in [0.2, 0.25) is 17.8 Å². The Labute approximate surface area is 92.0 Å². The van der Waals surface area contributed by atoms with Crippen LogP contribution in [-0.4, -0.2) is 27.0 Å². The molecule has 0 spiro atoms. The predicted molar refractivity (Wildman–Crippen MR) is 54.3 cm³/mol. The van der Waals surface area contributed by atoms with Crippen molar-refractivity contribution in [1.29, 1.82) is 0 Å². The van der Waals surface area contributed by atoms with E-state index in [-0.39, 0.29) is 29.6 Å². The van der Waals surface area contributed by atoms with Gasteiger partial charge in [-0.2, -0.15) is 10.1 Å². The third-order valence-electron chi connectivity index (χ3n) is 3.46. The highest BCUT2D eigenvalue weighted by Crippen LogP contribution is 2.38. The van der Waals surface area contributed by atoms with Crippen molar-refractivity contribution in [3.63, 3.8) is 0 Å². The van der Waals surface area contributed by atoms with Crippen molar-refractivity contribution in [2.45, 2.75) is 25.7 Å². The maximum atomic E-state index is 12.1. The highest BCUT2D eigenvalue weighted by atomic mass is 16.2. The third kappa shape index (κ3) is 1.19. The van der Waals surface area contributed by atoms with E-state index in [1.54, 1.807) is 0 Å². The number of carbonyl (C=O) groups excluding carboxylic acids is 2. The van der Waals surface area contributed by atoms with Gasteiger partial charge in [-0.1, -0.05) is 12.8 Å². The summed E-state index contributed by atoms with van der Waals surface area (Å²) < 4.78 is 0. The van der Waals surface area contributed by atoms with Crippen LogP contribution >= 0.6 is 0 Å². The fraction of sp³-hybridized carbons (Fsp3) is 0.600. The molecule has 2 amide bonds. The number of nitrogens with one attached hydrogen (secondary N) is 1. The molecule has 3 rings (SSSR count). The van der Waals surface area contributed by atoms with E-state index >= 15 is 0 Å². The van der Waals surface area contributed by atoms with Crippen molar-refractivity contribution < 1.29 is 9.59 Å². The molecule has 2 aliphatic rings. The Bertz CT molecular complexity index is 404. The Balaban J connectivity index is 1.96. The minimum Gasteiger partial charge on any atom is -0.274 e. The van der Waals surface area contributed by atoms with Gasteiger partial charge in [0.15, 0.2) is 0 Å². The molecule has 1 saturated heterocycles. The molecule has 1 aliphatic carbocycles. The number of fused-ring (bicyclic) bond motifs is 1. The lowest BCUT2D eigenvalue weighted by Gasteiger charge is -2.19. The Morgan fingerprint density at radius 1 is 1.19 bits per heavy atom. The molecule has 6 nitrogen and oxygen atoms in total. The molecule has 2 heterocycles. The van der Waals surface area contributed by atoms with Crippen molar-refractivity contribution in [2.75, 3.05) is 4.90 Å². The second-order valence-electron chi connectivity index (χ2n) is 4.32. The number of rotatable bonds is 1. The lowest BCUT2D eigenvalue weighted by atomic mass is 9.81. The molecular weight excluding hydrogens is 208 g/mol. The lowest BCUT2D eigenvalue weighted by Crippen LogP contribution is -2.31. The maximum absolute atomic E-state index is 12.1. The van der Waals surface area contributed by atoms with E-state index < -0.39 is 0 Å². The molecule has 1 aromatic rings. The predicted octanol–water partition coefficient (Wildman–Crippen LogP) is 0.484. The van der Waals surface area contributed by atoms with Gasteiger partial charge in [-0.05, 0) is 12.8 Å². The second kappa shape index (κ2) is 3.40. The average Bonchev–Trinajstić information content (AvgIpc) is 2.89. The maximum Gasteiger partial charge on any atom is 0.240 e. The number of aromatic nitrogens is 3. The smallest absolute Gasteiger partial charge is 0.240 e. The summed E-state index contributed by atoms with van der Waals surface area (Å²) in [6.45, 7) is 0. The van der Waals surface area contributed by atoms with Crippen LogP contribution < -0.4 is 4.90 Å². The molecule has 2 fully saturated rings. The summed E-state index contributed by atoms with van der Waals surface area (Å²) in [7, 11) is 0. The van der Waals surface area contributed by atoms with E-state index in [2.05, 4.69) is 15.2 Å². The van der Waals surface area contributed by atoms with E-state index in [1.807, 2.05) is 0 Å². The first-order valence-corrected chi connectivity index (χ1v) is 5.52. The fourth-order valence-electron chi connectivity index (χ4n) is 2.68. The summed E-state index contributed by atoms with van der Waals surface area (Å²) in [5.41, 5.74) is 0. The molecule has 0 aromatic carbocycles. The van der Waals surface area contributed by atoms with Gasteiger partial charge in [-0.3, -0.25) is 9.59 Å². The summed E-state index contributed by atoms with van der Waals surface area (Å²) in [5.74, 6) is -0.250. The molecular formula is C10H12N4O2. The first-order valence-electron chi connectivity index (χ1n) is 5.52. The summed E-state index contributed by atoms with van der Waals surface area (Å²) >= 11 is 0. The zero-order chi connectivity index (χ0) is 11.1. The molecule has 84 valence electrons. The van der Waals surface area contributed by atoms with Crippen LogP contribution in [0.4, 0.5) is 5.95 Å². The number of carbonyl (C=O) groups is 2. The Morgan fingerprint density at radius 2 is 1.81 bits per heavy atom. The molecule has 2 atom stereocenters. The van der Waals surface area contributed by atoms with Crippen LogP contribution in [0.2, 0.25) is 0 Å². The molecule has 0 bridgehead atoms. The summed E-state index contributed by atoms with van der Waals surface area (Å²) in [5, 5.41) is 6.24. The van der Waals surface area contributed by atoms with Crippen LogP contribution in [0.25, 0.3) is 0 Å². The summed E-state index contributed by atoms with van der Waals surface area (Å²) in [6, 6.07) is 0. The zero-order valence-electron chi connectivity index (χ0n) is 8.72. The molecule has 1 N–H and O–H groups in total. The Morgan fingerprint density at radius 3 is 2.31 bits per heavy atom. The lowest BCUT2D eigenvalue weighted by molar-refractivity contribution is -0.122. The average molecular weight is 220 g/mol. The van der Waals surface area contributed by atoms with Crippen LogP contribution in [0.1, 0.15) is 25.7 Å². The number of amides is 2. The van der Waals surface area contributed by atoms with Crippen molar-refractivity contribution in [3.05, 3.63) is 6.33 Å². The fourth-order valence-corrected chi connectivity index (χ4v) is 2.68. The molecule has 0 radical (unpaired) electrons. The normalized spacial score (nSPS) is 29.6. The molecule has 1 saturated carbocycles. The quantitative estimate of drug-likeness (QED) is 0.698. The number of aromatic amines is 1. The third-order valence-corrected chi connectivity index (χ3v) is 3.46. The van der Waals surface area contributed by atoms with Gasteiger partial charge >= 0.3 is 0 Å². The number of anilines is 1. The minimum absolute atomic E-state index is 0.119. The first kappa shape index (κ1) is 9.50. The number of H-pyrrole nitrogens is 1. The van der Waals surface area contributed by atoms with Crippen molar-refractivity contribution in [3.8, 4) is 0 Å². The molecule has 0 unspecified atom stereocenters. The summed E-state index contributed by atoms with van der Waals surface area (Å²) in [6.07, 6.45) is 5.01. The summed E-state index contributed by atoms with van der Waals surface area (Å²) in [4.78, 5) is 29.2. The van der Waals surface area contributed by atoms with E-state index in [0.717, 1.165) is 30.6 Å². The van der Waals surface area contributed by atoms with Crippen LogP contribution in [-0.2, 0) is 9.59 Å². The Hall–Kier alpha value is -1.72. The molecule has 16 heavy (non-hydrogen) atoms. The van der Waals surface area contributed by atoms with Crippen LogP contribution in [0, 0.1) is 11.8 Å². The minimum atomic E-state index is -0.133. The first-order chi connectivity index (χ1) is 7.79. The van der Waals surface area contributed by atoms with Gasteiger partial charge in [0, 0.05) is 0 Å². The van der Waals surface area contributed by atoms with Gasteiger partial charge < -0.3 is 0 Å². The zero-order valence-corrected chi connectivity index (χ0v) is 8.72. The van der Waals surface area contributed by atoms with Gasteiger partial charge in [0.25, 0.3) is 0 Å². The number of hydrogen-bond donors (Lipinski definition) is 1. The number of imide groups is 1. The standard InChI is InChI=1S/C10H12N4O2/c15-8-6-3-1-2-4-7(6)9(16)14(8)10-11-5-12-13-10/h5-7H,1-4H2,(H,11,12,13)/t6-,7+. The van der Waals surface area contributed by atoms with Crippen molar-refractivity contribution in [1.82, 2.24) is 15.2 Å². The number of hydrogen-bond acceptors (Lipinski definition) is 4. The van der Waals surface area contributed by atoms with Gasteiger partial charge in [0.1, 0.15) is 6.33 Å². The van der Waals surface area contributed by atoms with Crippen molar-refractivity contribution >= 4 is 17.8 Å². The van der Waals surface area contributed by atoms with Crippen molar-refractivity contribution in [2.24, 2.45) is 11.8 Å². The Kier molecular flexibility index (Phi) is 2.02. The molecule has 1 aromatic heterocycles. The van der Waals surface area contributed by atoms with E-state index in [9.17, 15) is 9.59 Å². The monoisotopic (exact) mass is 220 g/mol. The molecule has 1 aliphatic heterocycles. The SMILES string of the molecule is O=C1[C@H]2CCCC[C@H]2C(=O)N1c1ncn[nH]1. The second-order valence-corrected chi connectivity index (χ2v) is 4.32. The van der Waals surface area contributed by atoms with Crippen LogP contribution in [0.15, 0.2) is 6.33 Å². The highest BCUT2D eigenvalue weighted by molar-refractivity contribution is 6.21. The van der Waals surface area contributed by atoms with Crippen LogP contribution in [0.3, 0.4) is 0 Å². The molecule has 6 heteroatoms. The highest BCUT2D eigenvalue weighted by Gasteiger charge is 2.49. The number of nitrogens with zero attached hydrogens (tertiary/aromatic N) is 3. The van der Waals surface area contributed by atoms with E-state index in [0.29, 0.717) is 0 Å².